The number of nitrogens with two attached hydrogens (primary N) is 2. The molecule has 0 aliphatic heterocycles. The van der Waals surface area contributed by atoms with Gasteiger partial charge in [-0.3, -0.25) is 9.59 Å². The summed E-state index contributed by atoms with van der Waals surface area (Å²) in [5.41, 5.74) is 10.6. The number of carbonyl (C=O) groups excluding carboxylic acids is 2. The van der Waals surface area contributed by atoms with Crippen molar-refractivity contribution in [2.24, 2.45) is 11.5 Å². The first kappa shape index (κ1) is 16.9. The second-order valence-electron chi connectivity index (χ2n) is 4.22. The first-order valence-corrected chi connectivity index (χ1v) is 6.31. The van der Waals surface area contributed by atoms with Crippen LogP contribution < -0.4 is 11.5 Å². The van der Waals surface area contributed by atoms with Gasteiger partial charge in [-0.25, -0.2) is 0 Å². The predicted molar refractivity (Wildman–Crippen MR) is 67.5 cm³/mol. The van der Waals surface area contributed by atoms with Crippen molar-refractivity contribution in [2.75, 3.05) is 13.1 Å². The summed E-state index contributed by atoms with van der Waals surface area (Å²) in [6, 6.07) is 0. The van der Waals surface area contributed by atoms with E-state index in [1.807, 2.05) is 0 Å². The molecule has 0 fully saturated rings. The van der Waals surface area contributed by atoms with Gasteiger partial charge in [0.25, 0.3) is 5.79 Å². The lowest BCUT2D eigenvalue weighted by molar-refractivity contribution is -0.223. The van der Waals surface area contributed by atoms with Crippen molar-refractivity contribution in [1.29, 1.82) is 0 Å². The van der Waals surface area contributed by atoms with E-state index in [4.69, 9.17) is 20.9 Å². The average Bonchev–Trinajstić information content (AvgIpc) is 2.33. The molecule has 6 heteroatoms. The minimum Gasteiger partial charge on any atom is -0.423 e. The van der Waals surface area contributed by atoms with E-state index in [0.717, 1.165) is 0 Å². The monoisotopic (exact) mass is 260 g/mol. The summed E-state index contributed by atoms with van der Waals surface area (Å²) in [5.74, 6) is -2.01. The fraction of sp³-hybridized carbons (Fsp3) is 0.833. The van der Waals surface area contributed by atoms with Gasteiger partial charge in [0.2, 0.25) is 0 Å². The molecule has 0 atom stereocenters. The molecular formula is C12H24N2O4. The summed E-state index contributed by atoms with van der Waals surface area (Å²) in [5, 5.41) is 0. The molecule has 0 aliphatic carbocycles. The van der Waals surface area contributed by atoms with Gasteiger partial charge in [0.05, 0.1) is 0 Å². The average molecular weight is 260 g/mol. The van der Waals surface area contributed by atoms with E-state index in [9.17, 15) is 9.59 Å². The van der Waals surface area contributed by atoms with Crippen LogP contribution in [0.1, 0.15) is 46.0 Å². The fourth-order valence-electron chi connectivity index (χ4n) is 1.24. The molecule has 0 saturated carbocycles. The van der Waals surface area contributed by atoms with Crippen LogP contribution in [0.3, 0.4) is 0 Å². The van der Waals surface area contributed by atoms with Crippen molar-refractivity contribution >= 4 is 11.9 Å². The Morgan fingerprint density at radius 1 is 1.00 bits per heavy atom. The summed E-state index contributed by atoms with van der Waals surface area (Å²) in [6.45, 7) is 4.21. The lowest BCUT2D eigenvalue weighted by Crippen LogP contribution is -2.36. The smallest absolute Gasteiger partial charge is 0.309 e. The van der Waals surface area contributed by atoms with E-state index >= 15 is 0 Å². The standard InChI is InChI=1S/C12H24N2O4/c1-3-12(2,17-10(15)6-4-8-13)18-11(16)7-5-9-14/h3-9,13-14H2,1-2H3. The zero-order valence-corrected chi connectivity index (χ0v) is 11.2. The van der Waals surface area contributed by atoms with Crippen LogP contribution in [0, 0.1) is 0 Å². The molecule has 0 heterocycles. The van der Waals surface area contributed by atoms with Crippen LogP contribution in [0.5, 0.6) is 0 Å². The van der Waals surface area contributed by atoms with E-state index in [1.54, 1.807) is 13.8 Å². The van der Waals surface area contributed by atoms with E-state index < -0.39 is 17.7 Å². The highest BCUT2D eigenvalue weighted by atomic mass is 16.7. The van der Waals surface area contributed by atoms with Crippen molar-refractivity contribution in [3.8, 4) is 0 Å². The minimum absolute atomic E-state index is 0.229. The molecule has 0 spiro atoms. The van der Waals surface area contributed by atoms with Crippen LogP contribution in [0.2, 0.25) is 0 Å². The van der Waals surface area contributed by atoms with E-state index in [2.05, 4.69) is 0 Å². The first-order chi connectivity index (χ1) is 8.47. The maximum atomic E-state index is 11.5. The molecule has 0 aromatic rings. The predicted octanol–water partition coefficient (Wildman–Crippen LogP) is 0.677. The van der Waals surface area contributed by atoms with Gasteiger partial charge < -0.3 is 20.9 Å². The quantitative estimate of drug-likeness (QED) is 0.466. The molecular weight excluding hydrogens is 236 g/mol. The third-order valence-corrected chi connectivity index (χ3v) is 2.47. The molecule has 0 radical (unpaired) electrons. The van der Waals surface area contributed by atoms with Crippen LogP contribution in [0.4, 0.5) is 0 Å². The maximum absolute atomic E-state index is 11.5. The highest BCUT2D eigenvalue weighted by Crippen LogP contribution is 2.19. The summed E-state index contributed by atoms with van der Waals surface area (Å²) >= 11 is 0. The minimum atomic E-state index is -1.20. The Hall–Kier alpha value is -1.14. The molecule has 18 heavy (non-hydrogen) atoms. The van der Waals surface area contributed by atoms with Crippen LogP contribution in [-0.2, 0) is 19.1 Å². The molecule has 6 nitrogen and oxygen atoms in total. The Bertz CT molecular complexity index is 247. The van der Waals surface area contributed by atoms with Crippen LogP contribution in [0.25, 0.3) is 0 Å². The van der Waals surface area contributed by atoms with Crippen molar-refractivity contribution in [2.45, 2.75) is 51.7 Å². The Kier molecular flexibility index (Phi) is 8.32. The van der Waals surface area contributed by atoms with Crippen molar-refractivity contribution in [3.63, 3.8) is 0 Å². The van der Waals surface area contributed by atoms with E-state index in [-0.39, 0.29) is 12.8 Å². The Morgan fingerprint density at radius 3 is 1.67 bits per heavy atom. The Morgan fingerprint density at radius 2 is 1.39 bits per heavy atom. The molecule has 106 valence electrons. The van der Waals surface area contributed by atoms with Crippen molar-refractivity contribution in [3.05, 3.63) is 0 Å². The molecule has 0 rings (SSSR count). The summed E-state index contributed by atoms with van der Waals surface area (Å²) in [7, 11) is 0. The Labute approximate surface area is 108 Å². The van der Waals surface area contributed by atoms with Gasteiger partial charge in [-0.05, 0) is 25.9 Å². The summed E-state index contributed by atoms with van der Waals surface area (Å²) in [4.78, 5) is 23.0. The second-order valence-corrected chi connectivity index (χ2v) is 4.22. The van der Waals surface area contributed by atoms with Gasteiger partial charge >= 0.3 is 11.9 Å². The van der Waals surface area contributed by atoms with Crippen molar-refractivity contribution < 1.29 is 19.1 Å². The van der Waals surface area contributed by atoms with Crippen LogP contribution in [0.15, 0.2) is 0 Å². The van der Waals surface area contributed by atoms with Gasteiger partial charge in [0.15, 0.2) is 0 Å². The number of ether oxygens (including phenoxy) is 2. The largest absolute Gasteiger partial charge is 0.423 e. The number of hydrogen-bond donors (Lipinski definition) is 2. The molecule has 0 unspecified atom stereocenters. The van der Waals surface area contributed by atoms with Gasteiger partial charge in [0, 0.05) is 26.2 Å². The molecule has 0 saturated heterocycles. The normalized spacial score (nSPS) is 11.1. The zero-order valence-electron chi connectivity index (χ0n) is 11.2. The van der Waals surface area contributed by atoms with Crippen LogP contribution in [-0.4, -0.2) is 30.8 Å². The molecule has 0 aromatic carbocycles. The van der Waals surface area contributed by atoms with Crippen molar-refractivity contribution in [1.82, 2.24) is 0 Å². The molecule has 0 aliphatic rings. The lowest BCUT2D eigenvalue weighted by Gasteiger charge is -2.28. The molecule has 0 bridgehead atoms. The third kappa shape index (κ3) is 7.24. The summed E-state index contributed by atoms with van der Waals surface area (Å²) in [6.07, 6.45) is 1.97. The zero-order chi connectivity index (χ0) is 14.0. The van der Waals surface area contributed by atoms with Crippen LogP contribution >= 0.6 is 0 Å². The highest BCUT2D eigenvalue weighted by molar-refractivity contribution is 5.72. The molecule has 0 amide bonds. The third-order valence-electron chi connectivity index (χ3n) is 2.47. The van der Waals surface area contributed by atoms with Gasteiger partial charge in [-0.2, -0.15) is 0 Å². The highest BCUT2D eigenvalue weighted by Gasteiger charge is 2.30. The number of carbonyl (C=O) groups is 2. The topological polar surface area (TPSA) is 105 Å². The second kappa shape index (κ2) is 8.88. The molecule has 0 aromatic heterocycles. The number of rotatable bonds is 9. The lowest BCUT2D eigenvalue weighted by atomic mass is 10.2. The van der Waals surface area contributed by atoms with E-state index in [1.165, 1.54) is 0 Å². The Balaban J connectivity index is 4.24. The summed E-state index contributed by atoms with van der Waals surface area (Å²) < 4.78 is 10.3. The van der Waals surface area contributed by atoms with Gasteiger partial charge in [-0.15, -0.1) is 0 Å². The SMILES string of the molecule is CCC(C)(OC(=O)CCCN)OC(=O)CCCN. The number of esters is 2. The van der Waals surface area contributed by atoms with Gasteiger partial charge in [0.1, 0.15) is 0 Å². The molecule has 4 N–H and O–H groups in total. The first-order valence-electron chi connectivity index (χ1n) is 6.31. The maximum Gasteiger partial charge on any atom is 0.309 e. The fourth-order valence-corrected chi connectivity index (χ4v) is 1.24. The van der Waals surface area contributed by atoms with E-state index in [0.29, 0.717) is 32.4 Å². The van der Waals surface area contributed by atoms with Gasteiger partial charge in [-0.1, -0.05) is 6.92 Å². The number of hydrogen-bond acceptors (Lipinski definition) is 6.